The summed E-state index contributed by atoms with van der Waals surface area (Å²) in [5, 5.41) is 4.19. The van der Waals surface area contributed by atoms with Crippen molar-refractivity contribution in [3.05, 3.63) is 77.2 Å². The molecule has 1 unspecified atom stereocenters. The number of aryl methyl sites for hydroxylation is 1. The van der Waals surface area contributed by atoms with Gasteiger partial charge in [-0.15, -0.1) is 0 Å². The Kier molecular flexibility index (Phi) is 4.05. The Bertz CT molecular complexity index is 981. The van der Waals surface area contributed by atoms with Gasteiger partial charge in [-0.05, 0) is 41.5 Å². The van der Waals surface area contributed by atoms with Gasteiger partial charge >= 0.3 is 0 Å². The molecule has 4 rings (SSSR count). The summed E-state index contributed by atoms with van der Waals surface area (Å²) < 4.78 is 15.4. The highest BCUT2D eigenvalue weighted by atomic mass is 19.1. The van der Waals surface area contributed by atoms with Crippen molar-refractivity contribution in [3.8, 4) is 11.3 Å². The second-order valence-electron chi connectivity index (χ2n) is 6.45. The normalized spacial score (nSPS) is 14.6. The van der Waals surface area contributed by atoms with Crippen molar-refractivity contribution < 1.29 is 9.18 Å². The van der Waals surface area contributed by atoms with Crippen LogP contribution in [0.5, 0.6) is 0 Å². The first-order valence-electron chi connectivity index (χ1n) is 8.46. The number of hydrogen-bond acceptors (Lipinski definition) is 3. The van der Waals surface area contributed by atoms with E-state index in [0.29, 0.717) is 17.7 Å². The fourth-order valence-corrected chi connectivity index (χ4v) is 3.57. The highest BCUT2D eigenvalue weighted by Crippen LogP contribution is 2.33. The van der Waals surface area contributed by atoms with Gasteiger partial charge in [-0.2, -0.15) is 5.10 Å². The smallest absolute Gasteiger partial charge is 0.255 e. The minimum atomic E-state index is -0.356. The van der Waals surface area contributed by atoms with Crippen molar-refractivity contribution in [2.75, 3.05) is 6.54 Å². The van der Waals surface area contributed by atoms with Crippen LogP contribution in [0.15, 0.2) is 54.7 Å². The van der Waals surface area contributed by atoms with Gasteiger partial charge in [-0.1, -0.05) is 18.2 Å². The number of fused-ring (bicyclic) bond motifs is 1. The third-order valence-corrected chi connectivity index (χ3v) is 4.89. The Labute approximate surface area is 150 Å². The lowest BCUT2D eigenvalue weighted by Crippen LogP contribution is -2.34. The second kappa shape index (κ2) is 6.38. The van der Waals surface area contributed by atoms with E-state index >= 15 is 0 Å². The predicted molar refractivity (Wildman–Crippen MR) is 96.7 cm³/mol. The van der Waals surface area contributed by atoms with Crippen LogP contribution < -0.4 is 5.73 Å². The van der Waals surface area contributed by atoms with Crippen LogP contribution in [-0.4, -0.2) is 27.1 Å². The summed E-state index contributed by atoms with van der Waals surface area (Å²) in [4.78, 5) is 14.6. The molecular weight excluding hydrogens is 331 g/mol. The zero-order valence-corrected chi connectivity index (χ0v) is 14.4. The number of nitrogens with two attached hydrogens (primary N) is 1. The molecule has 1 aliphatic rings. The molecule has 0 saturated carbocycles. The van der Waals surface area contributed by atoms with Crippen molar-refractivity contribution in [1.82, 2.24) is 14.7 Å². The van der Waals surface area contributed by atoms with E-state index in [-0.39, 0.29) is 24.3 Å². The summed E-state index contributed by atoms with van der Waals surface area (Å²) in [5.74, 6) is -0.403. The molecule has 132 valence electrons. The third kappa shape index (κ3) is 2.68. The van der Waals surface area contributed by atoms with Gasteiger partial charge in [0.15, 0.2) is 0 Å². The van der Waals surface area contributed by atoms with E-state index in [9.17, 15) is 9.18 Å². The number of carbonyl (C=O) groups is 1. The molecule has 2 aromatic carbocycles. The number of hydrogen-bond donors (Lipinski definition) is 1. The van der Waals surface area contributed by atoms with Crippen molar-refractivity contribution in [2.24, 2.45) is 12.8 Å². The molecule has 5 nitrogen and oxygen atoms in total. The lowest BCUT2D eigenvalue weighted by atomic mass is 10.0. The maximum Gasteiger partial charge on any atom is 0.255 e. The van der Waals surface area contributed by atoms with E-state index in [1.807, 2.05) is 31.3 Å². The molecule has 0 spiro atoms. The standard InChI is InChI=1S/C20H19FN4O/c1-24-18(7-8-23-24)14-5-6-17-15(9-14)12-25(20(17)26)19(11-22)13-3-2-4-16(21)10-13/h2-10,19H,11-12,22H2,1H3. The predicted octanol–water partition coefficient (Wildman–Crippen LogP) is 2.88. The van der Waals surface area contributed by atoms with E-state index in [2.05, 4.69) is 5.10 Å². The molecule has 0 aliphatic carbocycles. The molecule has 2 heterocycles. The SMILES string of the molecule is Cn1nccc1-c1ccc2c(c1)CN(C(CN)c1cccc(F)c1)C2=O. The number of rotatable bonds is 4. The quantitative estimate of drug-likeness (QED) is 0.787. The third-order valence-electron chi connectivity index (χ3n) is 4.89. The highest BCUT2D eigenvalue weighted by Gasteiger charge is 2.33. The van der Waals surface area contributed by atoms with E-state index < -0.39 is 0 Å². The molecule has 1 atom stereocenters. The van der Waals surface area contributed by atoms with Gasteiger partial charge in [0.1, 0.15) is 5.82 Å². The molecule has 6 heteroatoms. The maximum atomic E-state index is 13.6. The average Bonchev–Trinajstić information content (AvgIpc) is 3.19. The molecular formula is C20H19FN4O. The van der Waals surface area contributed by atoms with Gasteiger partial charge < -0.3 is 10.6 Å². The van der Waals surface area contributed by atoms with E-state index in [4.69, 9.17) is 5.73 Å². The largest absolute Gasteiger partial charge is 0.328 e. The van der Waals surface area contributed by atoms with Gasteiger partial charge in [-0.3, -0.25) is 9.48 Å². The Morgan fingerprint density at radius 3 is 2.77 bits per heavy atom. The molecule has 0 radical (unpaired) electrons. The molecule has 1 amide bonds. The number of carbonyl (C=O) groups excluding carboxylic acids is 1. The Hall–Kier alpha value is -2.99. The molecule has 1 aromatic heterocycles. The zero-order valence-electron chi connectivity index (χ0n) is 14.4. The Morgan fingerprint density at radius 2 is 2.08 bits per heavy atom. The van der Waals surface area contributed by atoms with Crippen LogP contribution in [0, 0.1) is 5.82 Å². The summed E-state index contributed by atoms with van der Waals surface area (Å²) in [6.07, 6.45) is 1.74. The van der Waals surface area contributed by atoms with Crippen LogP contribution in [0.3, 0.4) is 0 Å². The molecule has 0 bridgehead atoms. The minimum absolute atomic E-state index is 0.0729. The van der Waals surface area contributed by atoms with Gasteiger partial charge in [0, 0.05) is 37.5 Å². The molecule has 0 fully saturated rings. The summed E-state index contributed by atoms with van der Waals surface area (Å²) >= 11 is 0. The average molecular weight is 350 g/mol. The summed E-state index contributed by atoms with van der Waals surface area (Å²) in [6.45, 7) is 0.690. The maximum absolute atomic E-state index is 13.6. The van der Waals surface area contributed by atoms with Crippen molar-refractivity contribution in [1.29, 1.82) is 0 Å². The van der Waals surface area contributed by atoms with E-state index in [0.717, 1.165) is 16.8 Å². The molecule has 1 aliphatic heterocycles. The lowest BCUT2D eigenvalue weighted by Gasteiger charge is -2.27. The Balaban J connectivity index is 1.68. The highest BCUT2D eigenvalue weighted by molar-refractivity contribution is 5.99. The number of halogens is 1. The minimum Gasteiger partial charge on any atom is -0.328 e. The number of nitrogens with zero attached hydrogens (tertiary/aromatic N) is 3. The van der Waals surface area contributed by atoms with Crippen molar-refractivity contribution in [2.45, 2.75) is 12.6 Å². The lowest BCUT2D eigenvalue weighted by molar-refractivity contribution is 0.0706. The van der Waals surface area contributed by atoms with Crippen LogP contribution >= 0.6 is 0 Å². The van der Waals surface area contributed by atoms with Gasteiger partial charge in [0.25, 0.3) is 5.91 Å². The number of amides is 1. The van der Waals surface area contributed by atoms with E-state index in [1.165, 1.54) is 12.1 Å². The van der Waals surface area contributed by atoms with Crippen LogP contribution in [0.1, 0.15) is 27.5 Å². The molecule has 2 N–H and O–H groups in total. The fourth-order valence-electron chi connectivity index (χ4n) is 3.57. The van der Waals surface area contributed by atoms with Gasteiger partial charge in [0.2, 0.25) is 0 Å². The summed E-state index contributed by atoms with van der Waals surface area (Å²) in [5.41, 5.74) is 10.3. The van der Waals surface area contributed by atoms with Crippen LogP contribution in [0.4, 0.5) is 4.39 Å². The van der Waals surface area contributed by atoms with Gasteiger partial charge in [0.05, 0.1) is 11.7 Å². The van der Waals surface area contributed by atoms with Gasteiger partial charge in [-0.25, -0.2) is 4.39 Å². The monoisotopic (exact) mass is 350 g/mol. The molecule has 26 heavy (non-hydrogen) atoms. The summed E-state index contributed by atoms with van der Waals surface area (Å²) in [6, 6.07) is 13.6. The van der Waals surface area contributed by atoms with Crippen LogP contribution in [0.2, 0.25) is 0 Å². The van der Waals surface area contributed by atoms with Crippen LogP contribution in [-0.2, 0) is 13.6 Å². The first-order valence-corrected chi connectivity index (χ1v) is 8.46. The van der Waals surface area contributed by atoms with E-state index in [1.54, 1.807) is 27.9 Å². The second-order valence-corrected chi connectivity index (χ2v) is 6.45. The zero-order chi connectivity index (χ0) is 18.3. The van der Waals surface area contributed by atoms with Crippen molar-refractivity contribution in [3.63, 3.8) is 0 Å². The molecule has 0 saturated heterocycles. The molecule has 3 aromatic rings. The van der Waals surface area contributed by atoms with Crippen LogP contribution in [0.25, 0.3) is 11.3 Å². The first kappa shape index (κ1) is 16.5. The Morgan fingerprint density at radius 1 is 1.23 bits per heavy atom. The first-order chi connectivity index (χ1) is 12.6. The number of benzene rings is 2. The van der Waals surface area contributed by atoms with Crippen molar-refractivity contribution >= 4 is 5.91 Å². The number of aromatic nitrogens is 2. The topological polar surface area (TPSA) is 64.2 Å². The fraction of sp³-hybridized carbons (Fsp3) is 0.200. The summed E-state index contributed by atoms with van der Waals surface area (Å²) in [7, 11) is 1.88.